The zero-order valence-electron chi connectivity index (χ0n) is 13.3. The van der Waals surface area contributed by atoms with Gasteiger partial charge < -0.3 is 10.6 Å². The van der Waals surface area contributed by atoms with Gasteiger partial charge in [0.05, 0.1) is 5.56 Å². The fourth-order valence-electron chi connectivity index (χ4n) is 2.86. The molecule has 1 atom stereocenters. The van der Waals surface area contributed by atoms with Crippen LogP contribution in [0.2, 0.25) is 0 Å². The maximum Gasteiger partial charge on any atom is 0.252 e. The first-order valence-corrected chi connectivity index (χ1v) is 7.96. The molecule has 24 heavy (non-hydrogen) atoms. The lowest BCUT2D eigenvalue weighted by Gasteiger charge is -2.24. The Balaban J connectivity index is 0.00000208. The molecule has 1 fully saturated rings. The SMILES string of the molecule is Cl.O=C(N[C@H]1CCCNC1)c1ccccc1C(=O)c1ccccc1. The molecule has 3 rings (SSSR count). The average Bonchev–Trinajstić information content (AvgIpc) is 2.62. The highest BCUT2D eigenvalue weighted by Crippen LogP contribution is 2.15. The van der Waals surface area contributed by atoms with Crippen LogP contribution in [0.3, 0.4) is 0 Å². The van der Waals surface area contributed by atoms with Crippen molar-refractivity contribution < 1.29 is 9.59 Å². The van der Waals surface area contributed by atoms with Crippen molar-refractivity contribution in [2.24, 2.45) is 0 Å². The van der Waals surface area contributed by atoms with E-state index in [0.29, 0.717) is 16.7 Å². The van der Waals surface area contributed by atoms with E-state index in [1.807, 2.05) is 18.2 Å². The fraction of sp³-hybridized carbons (Fsp3) is 0.263. The van der Waals surface area contributed by atoms with E-state index in [2.05, 4.69) is 10.6 Å². The van der Waals surface area contributed by atoms with Crippen LogP contribution < -0.4 is 10.6 Å². The Labute approximate surface area is 148 Å². The van der Waals surface area contributed by atoms with Crippen molar-refractivity contribution in [1.29, 1.82) is 0 Å². The summed E-state index contributed by atoms with van der Waals surface area (Å²) in [5.74, 6) is -0.309. The number of carbonyl (C=O) groups excluding carboxylic acids is 2. The predicted octanol–water partition coefficient (Wildman–Crippen LogP) is 2.82. The van der Waals surface area contributed by atoms with Crippen LogP contribution in [0.25, 0.3) is 0 Å². The van der Waals surface area contributed by atoms with Crippen LogP contribution in [0, 0.1) is 0 Å². The zero-order valence-corrected chi connectivity index (χ0v) is 14.1. The summed E-state index contributed by atoms with van der Waals surface area (Å²) in [5, 5.41) is 6.30. The molecule has 1 amide bonds. The normalized spacial score (nSPS) is 16.8. The summed E-state index contributed by atoms with van der Waals surface area (Å²) < 4.78 is 0. The van der Waals surface area contributed by atoms with Gasteiger partial charge in [-0.15, -0.1) is 12.4 Å². The summed E-state index contributed by atoms with van der Waals surface area (Å²) in [4.78, 5) is 25.2. The molecule has 0 aliphatic carbocycles. The first-order chi connectivity index (χ1) is 11.3. The van der Waals surface area contributed by atoms with Gasteiger partial charge in [0, 0.05) is 23.7 Å². The van der Waals surface area contributed by atoms with Gasteiger partial charge in [0.15, 0.2) is 5.78 Å². The minimum absolute atomic E-state index is 0. The molecular formula is C19H21ClN2O2. The number of rotatable bonds is 4. The Hall–Kier alpha value is -2.17. The number of halogens is 1. The molecule has 126 valence electrons. The molecule has 0 bridgehead atoms. The van der Waals surface area contributed by atoms with Crippen molar-refractivity contribution in [3.8, 4) is 0 Å². The second kappa shape index (κ2) is 8.62. The van der Waals surface area contributed by atoms with Crippen LogP contribution >= 0.6 is 12.4 Å². The number of hydrogen-bond donors (Lipinski definition) is 2. The van der Waals surface area contributed by atoms with E-state index in [0.717, 1.165) is 25.9 Å². The lowest BCUT2D eigenvalue weighted by molar-refractivity contribution is 0.0921. The second-order valence-corrected chi connectivity index (χ2v) is 5.76. The van der Waals surface area contributed by atoms with Gasteiger partial charge in [0.2, 0.25) is 0 Å². The van der Waals surface area contributed by atoms with Gasteiger partial charge in [-0.3, -0.25) is 9.59 Å². The van der Waals surface area contributed by atoms with Gasteiger partial charge in [-0.25, -0.2) is 0 Å². The lowest BCUT2D eigenvalue weighted by Crippen LogP contribution is -2.45. The van der Waals surface area contributed by atoms with Crippen molar-refractivity contribution >= 4 is 24.1 Å². The van der Waals surface area contributed by atoms with E-state index < -0.39 is 0 Å². The summed E-state index contributed by atoms with van der Waals surface area (Å²) >= 11 is 0. The Bertz CT molecular complexity index is 698. The van der Waals surface area contributed by atoms with E-state index in [9.17, 15) is 9.59 Å². The van der Waals surface area contributed by atoms with Crippen LogP contribution in [-0.2, 0) is 0 Å². The minimum Gasteiger partial charge on any atom is -0.348 e. The third-order valence-corrected chi connectivity index (χ3v) is 4.08. The zero-order chi connectivity index (χ0) is 16.1. The molecule has 2 aromatic rings. The summed E-state index contributed by atoms with van der Waals surface area (Å²) in [6, 6.07) is 16.2. The Morgan fingerprint density at radius 2 is 1.62 bits per heavy atom. The van der Waals surface area contributed by atoms with Gasteiger partial charge in [-0.1, -0.05) is 48.5 Å². The third kappa shape index (κ3) is 4.22. The Kier molecular flexibility index (Phi) is 6.53. The molecule has 1 saturated heterocycles. The molecule has 4 nitrogen and oxygen atoms in total. The largest absolute Gasteiger partial charge is 0.348 e. The second-order valence-electron chi connectivity index (χ2n) is 5.76. The van der Waals surface area contributed by atoms with Crippen LogP contribution in [0.4, 0.5) is 0 Å². The number of carbonyl (C=O) groups is 2. The summed E-state index contributed by atoms with van der Waals surface area (Å²) in [5.41, 5.74) is 1.47. The third-order valence-electron chi connectivity index (χ3n) is 4.08. The van der Waals surface area contributed by atoms with Gasteiger partial charge in [0.1, 0.15) is 0 Å². The monoisotopic (exact) mass is 344 g/mol. The molecule has 1 aliphatic rings. The van der Waals surface area contributed by atoms with Crippen molar-refractivity contribution in [2.45, 2.75) is 18.9 Å². The van der Waals surface area contributed by atoms with E-state index in [1.165, 1.54) is 0 Å². The number of piperidine rings is 1. The van der Waals surface area contributed by atoms with Crippen LogP contribution in [0.1, 0.15) is 39.1 Å². The van der Waals surface area contributed by atoms with Crippen molar-refractivity contribution in [2.75, 3.05) is 13.1 Å². The highest BCUT2D eigenvalue weighted by atomic mass is 35.5. The van der Waals surface area contributed by atoms with Crippen molar-refractivity contribution in [1.82, 2.24) is 10.6 Å². The molecule has 5 heteroatoms. The van der Waals surface area contributed by atoms with Gasteiger partial charge >= 0.3 is 0 Å². The number of nitrogens with one attached hydrogen (secondary N) is 2. The number of benzene rings is 2. The summed E-state index contributed by atoms with van der Waals surface area (Å²) in [6.45, 7) is 1.77. The smallest absolute Gasteiger partial charge is 0.252 e. The molecule has 0 saturated carbocycles. The first-order valence-electron chi connectivity index (χ1n) is 7.96. The maximum absolute atomic E-state index is 12.7. The maximum atomic E-state index is 12.7. The van der Waals surface area contributed by atoms with Crippen molar-refractivity contribution in [3.63, 3.8) is 0 Å². The topological polar surface area (TPSA) is 58.2 Å². The quantitative estimate of drug-likeness (QED) is 0.838. The molecule has 0 aromatic heterocycles. The first kappa shape index (κ1) is 18.2. The standard InChI is InChI=1S/C19H20N2O2.ClH/c22-18(14-7-2-1-3-8-14)16-10-4-5-11-17(16)19(23)21-15-9-6-12-20-13-15;/h1-5,7-8,10-11,15,20H,6,9,12-13H2,(H,21,23);1H/t15-;/m0./s1. The molecule has 1 aliphatic heterocycles. The molecule has 1 heterocycles. The highest BCUT2D eigenvalue weighted by molar-refractivity contribution is 6.15. The Morgan fingerprint density at radius 1 is 0.958 bits per heavy atom. The van der Waals surface area contributed by atoms with Gasteiger partial charge in [0.25, 0.3) is 5.91 Å². The predicted molar refractivity (Wildman–Crippen MR) is 96.9 cm³/mol. The van der Waals surface area contributed by atoms with E-state index in [4.69, 9.17) is 0 Å². The van der Waals surface area contributed by atoms with Gasteiger partial charge in [-0.2, -0.15) is 0 Å². The molecule has 0 unspecified atom stereocenters. The van der Waals surface area contributed by atoms with E-state index in [1.54, 1.807) is 36.4 Å². The summed E-state index contributed by atoms with van der Waals surface area (Å²) in [6.07, 6.45) is 2.02. The van der Waals surface area contributed by atoms with Crippen LogP contribution in [0.5, 0.6) is 0 Å². The minimum atomic E-state index is -0.182. The van der Waals surface area contributed by atoms with Gasteiger partial charge in [-0.05, 0) is 25.5 Å². The summed E-state index contributed by atoms with van der Waals surface area (Å²) in [7, 11) is 0. The molecular weight excluding hydrogens is 324 g/mol. The molecule has 0 spiro atoms. The van der Waals surface area contributed by atoms with Crippen LogP contribution in [0.15, 0.2) is 54.6 Å². The lowest BCUT2D eigenvalue weighted by atomic mass is 9.97. The van der Waals surface area contributed by atoms with E-state index in [-0.39, 0.29) is 30.1 Å². The Morgan fingerprint density at radius 3 is 2.29 bits per heavy atom. The highest BCUT2D eigenvalue weighted by Gasteiger charge is 2.21. The average molecular weight is 345 g/mol. The van der Waals surface area contributed by atoms with Crippen molar-refractivity contribution in [3.05, 3.63) is 71.3 Å². The number of amides is 1. The number of hydrogen-bond acceptors (Lipinski definition) is 3. The number of ketones is 1. The molecule has 0 radical (unpaired) electrons. The fourth-order valence-corrected chi connectivity index (χ4v) is 2.86. The van der Waals surface area contributed by atoms with Crippen LogP contribution in [-0.4, -0.2) is 30.8 Å². The molecule has 2 N–H and O–H groups in total. The molecule has 2 aromatic carbocycles. The van der Waals surface area contributed by atoms with E-state index >= 15 is 0 Å².